The first kappa shape index (κ1) is 11.9. The van der Waals surface area contributed by atoms with Crippen LogP contribution in [0, 0.1) is 0 Å². The number of carbonyl (C=O) groups excluding carboxylic acids is 1. The Kier molecular flexibility index (Phi) is 3.98. The van der Waals surface area contributed by atoms with Crippen LogP contribution in [0.4, 0.5) is 0 Å². The number of hydrogen-bond acceptors (Lipinski definition) is 3. The molecule has 0 aliphatic carbocycles. The maximum atomic E-state index is 11.7. The van der Waals surface area contributed by atoms with E-state index in [4.69, 9.17) is 9.47 Å². The Morgan fingerprint density at radius 2 is 2.35 bits per heavy atom. The zero-order valence-corrected chi connectivity index (χ0v) is 9.94. The summed E-state index contributed by atoms with van der Waals surface area (Å²) in [6, 6.07) is 7.66. The van der Waals surface area contributed by atoms with Crippen molar-refractivity contribution < 1.29 is 14.3 Å². The maximum Gasteiger partial charge on any atom is 0.249 e. The Bertz CT molecular complexity index is 386. The Morgan fingerprint density at radius 3 is 3.06 bits per heavy atom. The minimum Gasteiger partial charge on any atom is -0.496 e. The van der Waals surface area contributed by atoms with Gasteiger partial charge in [-0.05, 0) is 18.9 Å². The predicted molar refractivity (Wildman–Crippen MR) is 63.8 cm³/mol. The molecular formula is C13H17NO3. The fourth-order valence-electron chi connectivity index (χ4n) is 1.93. The van der Waals surface area contributed by atoms with Crippen LogP contribution in [0.5, 0.6) is 5.75 Å². The summed E-state index contributed by atoms with van der Waals surface area (Å²) in [4.78, 5) is 11.7. The summed E-state index contributed by atoms with van der Waals surface area (Å²) in [5.74, 6) is 0.758. The van der Waals surface area contributed by atoms with Crippen LogP contribution in [0.1, 0.15) is 18.4 Å². The van der Waals surface area contributed by atoms with Crippen molar-refractivity contribution in [2.75, 3.05) is 13.7 Å². The van der Waals surface area contributed by atoms with Gasteiger partial charge in [0, 0.05) is 18.7 Å². The zero-order chi connectivity index (χ0) is 12.1. The largest absolute Gasteiger partial charge is 0.496 e. The molecule has 1 aromatic rings. The summed E-state index contributed by atoms with van der Waals surface area (Å²) in [5.41, 5.74) is 0.973. The molecule has 4 heteroatoms. The normalized spacial score (nSPS) is 19.0. The van der Waals surface area contributed by atoms with Crippen LogP contribution in [0.15, 0.2) is 24.3 Å². The van der Waals surface area contributed by atoms with E-state index in [1.54, 1.807) is 7.11 Å². The van der Waals surface area contributed by atoms with E-state index >= 15 is 0 Å². The number of ether oxygens (including phenoxy) is 2. The van der Waals surface area contributed by atoms with Crippen LogP contribution < -0.4 is 10.1 Å². The summed E-state index contributed by atoms with van der Waals surface area (Å²) in [5, 5.41) is 2.87. The molecule has 1 aliphatic heterocycles. The van der Waals surface area contributed by atoms with Gasteiger partial charge in [-0.3, -0.25) is 4.79 Å². The first-order chi connectivity index (χ1) is 8.31. The van der Waals surface area contributed by atoms with E-state index in [2.05, 4.69) is 5.32 Å². The highest BCUT2D eigenvalue weighted by Crippen LogP contribution is 2.17. The maximum absolute atomic E-state index is 11.7. The van der Waals surface area contributed by atoms with Gasteiger partial charge in [0.25, 0.3) is 0 Å². The van der Waals surface area contributed by atoms with Gasteiger partial charge in [-0.2, -0.15) is 0 Å². The van der Waals surface area contributed by atoms with E-state index in [0.717, 1.165) is 24.2 Å². The minimum absolute atomic E-state index is 0.0339. The van der Waals surface area contributed by atoms with Gasteiger partial charge in [-0.15, -0.1) is 0 Å². The van der Waals surface area contributed by atoms with Gasteiger partial charge in [-0.25, -0.2) is 0 Å². The molecule has 1 atom stereocenters. The van der Waals surface area contributed by atoms with Crippen molar-refractivity contribution in [3.63, 3.8) is 0 Å². The molecule has 0 saturated carbocycles. The summed E-state index contributed by atoms with van der Waals surface area (Å²) in [6.45, 7) is 1.16. The molecule has 1 saturated heterocycles. The van der Waals surface area contributed by atoms with Crippen molar-refractivity contribution in [2.45, 2.75) is 25.5 Å². The molecule has 1 amide bonds. The molecule has 1 aliphatic rings. The first-order valence-electron chi connectivity index (χ1n) is 5.82. The number of carbonyl (C=O) groups is 1. The molecule has 1 fully saturated rings. The number of nitrogens with one attached hydrogen (secondary N) is 1. The highest BCUT2D eigenvalue weighted by Gasteiger charge is 2.23. The molecule has 92 valence electrons. The van der Waals surface area contributed by atoms with Crippen LogP contribution in [0.2, 0.25) is 0 Å². The van der Waals surface area contributed by atoms with Crippen LogP contribution in [0.25, 0.3) is 0 Å². The number of benzene rings is 1. The van der Waals surface area contributed by atoms with Gasteiger partial charge >= 0.3 is 0 Å². The van der Waals surface area contributed by atoms with Gasteiger partial charge in [0.2, 0.25) is 5.91 Å². The lowest BCUT2D eigenvalue weighted by Crippen LogP contribution is -2.33. The van der Waals surface area contributed by atoms with Crippen LogP contribution >= 0.6 is 0 Å². The Hall–Kier alpha value is -1.55. The molecular weight excluding hydrogens is 218 g/mol. The van der Waals surface area contributed by atoms with Crippen molar-refractivity contribution in [3.05, 3.63) is 29.8 Å². The van der Waals surface area contributed by atoms with Crippen molar-refractivity contribution in [2.24, 2.45) is 0 Å². The third-order valence-electron chi connectivity index (χ3n) is 2.87. The number of amides is 1. The molecule has 0 unspecified atom stereocenters. The molecule has 0 radical (unpaired) electrons. The van der Waals surface area contributed by atoms with Gasteiger partial charge in [0.15, 0.2) is 0 Å². The van der Waals surface area contributed by atoms with Gasteiger partial charge in [0.05, 0.1) is 7.11 Å². The lowest BCUT2D eigenvalue weighted by Gasteiger charge is -2.12. The topological polar surface area (TPSA) is 47.6 Å². The second kappa shape index (κ2) is 5.68. The van der Waals surface area contributed by atoms with E-state index in [1.807, 2.05) is 24.3 Å². The van der Waals surface area contributed by atoms with Gasteiger partial charge in [0.1, 0.15) is 11.9 Å². The second-order valence-corrected chi connectivity index (χ2v) is 4.03. The number of para-hydroxylation sites is 1. The summed E-state index contributed by atoms with van der Waals surface area (Å²) < 4.78 is 10.5. The highest BCUT2D eigenvalue weighted by molar-refractivity contribution is 5.81. The van der Waals surface area contributed by atoms with Crippen LogP contribution in [-0.4, -0.2) is 25.7 Å². The number of hydrogen-bond donors (Lipinski definition) is 1. The summed E-state index contributed by atoms with van der Waals surface area (Å²) >= 11 is 0. The van der Waals surface area contributed by atoms with Crippen molar-refractivity contribution in [3.8, 4) is 5.75 Å². The SMILES string of the molecule is COc1ccccc1CNC(=O)[C@H]1CCCO1. The first-order valence-corrected chi connectivity index (χ1v) is 5.82. The molecule has 0 aromatic heterocycles. The van der Waals surface area contributed by atoms with Gasteiger partial charge < -0.3 is 14.8 Å². The summed E-state index contributed by atoms with van der Waals surface area (Å²) in [6.07, 6.45) is 1.51. The van der Waals surface area contributed by atoms with E-state index in [1.165, 1.54) is 0 Å². The quantitative estimate of drug-likeness (QED) is 0.860. The smallest absolute Gasteiger partial charge is 0.249 e. The van der Waals surface area contributed by atoms with E-state index < -0.39 is 0 Å². The fraction of sp³-hybridized carbons (Fsp3) is 0.462. The van der Waals surface area contributed by atoms with Crippen molar-refractivity contribution in [1.29, 1.82) is 0 Å². The monoisotopic (exact) mass is 235 g/mol. The van der Waals surface area contributed by atoms with Gasteiger partial charge in [-0.1, -0.05) is 18.2 Å². The Morgan fingerprint density at radius 1 is 1.53 bits per heavy atom. The lowest BCUT2D eigenvalue weighted by atomic mass is 10.2. The standard InChI is InChI=1S/C13H17NO3/c1-16-11-6-3-2-5-10(11)9-14-13(15)12-7-4-8-17-12/h2-3,5-6,12H,4,7-9H2,1H3,(H,14,15)/t12-/m1/s1. The number of rotatable bonds is 4. The van der Waals surface area contributed by atoms with E-state index in [9.17, 15) is 4.79 Å². The molecule has 1 aromatic carbocycles. The van der Waals surface area contributed by atoms with Crippen molar-refractivity contribution in [1.82, 2.24) is 5.32 Å². The summed E-state index contributed by atoms with van der Waals surface area (Å²) in [7, 11) is 1.63. The zero-order valence-electron chi connectivity index (χ0n) is 9.94. The Labute approximate surface area is 101 Å². The Balaban J connectivity index is 1.90. The average Bonchev–Trinajstić information content (AvgIpc) is 2.90. The fourth-order valence-corrected chi connectivity index (χ4v) is 1.93. The second-order valence-electron chi connectivity index (χ2n) is 4.03. The minimum atomic E-state index is -0.273. The third-order valence-corrected chi connectivity index (χ3v) is 2.87. The van der Waals surface area contributed by atoms with Crippen molar-refractivity contribution >= 4 is 5.91 Å². The molecule has 17 heavy (non-hydrogen) atoms. The molecule has 1 heterocycles. The molecule has 4 nitrogen and oxygen atoms in total. The average molecular weight is 235 g/mol. The molecule has 0 spiro atoms. The molecule has 0 bridgehead atoms. The number of methoxy groups -OCH3 is 1. The van der Waals surface area contributed by atoms with E-state index in [-0.39, 0.29) is 12.0 Å². The highest BCUT2D eigenvalue weighted by atomic mass is 16.5. The van der Waals surface area contributed by atoms with Crippen LogP contribution in [0.3, 0.4) is 0 Å². The third kappa shape index (κ3) is 2.97. The molecule has 2 rings (SSSR count). The van der Waals surface area contributed by atoms with Crippen LogP contribution in [-0.2, 0) is 16.1 Å². The van der Waals surface area contributed by atoms with E-state index in [0.29, 0.717) is 13.2 Å². The molecule has 1 N–H and O–H groups in total. The predicted octanol–water partition coefficient (Wildman–Crippen LogP) is 1.49. The lowest BCUT2D eigenvalue weighted by molar-refractivity contribution is -0.130.